The zero-order valence-corrected chi connectivity index (χ0v) is 13.8. The Balaban J connectivity index is 2.51. The summed E-state index contributed by atoms with van der Waals surface area (Å²) in [6.45, 7) is 5.11. The Labute approximate surface area is 126 Å². The molecule has 1 fully saturated rings. The van der Waals surface area contributed by atoms with Crippen molar-refractivity contribution in [3.05, 3.63) is 28.8 Å². The highest BCUT2D eigenvalue weighted by Gasteiger charge is 2.25. The third kappa shape index (κ3) is 2.96. The number of amides is 1. The van der Waals surface area contributed by atoms with Gasteiger partial charge in [-0.25, -0.2) is 12.7 Å². The van der Waals surface area contributed by atoms with Crippen LogP contribution in [0.15, 0.2) is 17.0 Å². The maximum absolute atomic E-state index is 12.5. The monoisotopic (exact) mass is 310 g/mol. The Hall–Kier alpha value is -1.40. The van der Waals surface area contributed by atoms with Gasteiger partial charge in [0.1, 0.15) is 0 Å². The Morgan fingerprint density at radius 3 is 2.24 bits per heavy atom. The zero-order valence-electron chi connectivity index (χ0n) is 13.0. The third-order valence-electron chi connectivity index (χ3n) is 4.02. The highest BCUT2D eigenvalue weighted by Crippen LogP contribution is 2.24. The van der Waals surface area contributed by atoms with Crippen molar-refractivity contribution < 1.29 is 13.2 Å². The molecule has 116 valence electrons. The number of hydrogen-bond acceptors (Lipinski definition) is 3. The van der Waals surface area contributed by atoms with Crippen molar-refractivity contribution in [2.24, 2.45) is 0 Å². The van der Waals surface area contributed by atoms with Gasteiger partial charge in [0.25, 0.3) is 5.91 Å². The standard InChI is InChI=1S/C15H22N2O3S/c1-11-9-13(15(18)17-7-5-6-8-17)10-14(12(11)2)21(19,20)16(3)4/h9-10H,5-8H2,1-4H3. The van der Waals surface area contributed by atoms with Gasteiger partial charge < -0.3 is 4.90 Å². The second-order valence-corrected chi connectivity index (χ2v) is 7.82. The van der Waals surface area contributed by atoms with E-state index in [1.807, 2.05) is 6.92 Å². The molecule has 0 N–H and O–H groups in total. The van der Waals surface area contributed by atoms with E-state index in [9.17, 15) is 13.2 Å². The fraction of sp³-hybridized carbons (Fsp3) is 0.533. The van der Waals surface area contributed by atoms with E-state index in [1.54, 1.807) is 17.9 Å². The number of sulfonamides is 1. The SMILES string of the molecule is Cc1cc(C(=O)N2CCCC2)cc(S(=O)(=O)N(C)C)c1C. The van der Waals surface area contributed by atoms with E-state index < -0.39 is 10.0 Å². The topological polar surface area (TPSA) is 57.7 Å². The quantitative estimate of drug-likeness (QED) is 0.855. The lowest BCUT2D eigenvalue weighted by Crippen LogP contribution is -2.29. The number of hydrogen-bond donors (Lipinski definition) is 0. The lowest BCUT2D eigenvalue weighted by atomic mass is 10.1. The number of rotatable bonds is 3. The van der Waals surface area contributed by atoms with Gasteiger partial charge in [-0.15, -0.1) is 0 Å². The maximum Gasteiger partial charge on any atom is 0.253 e. The average Bonchev–Trinajstić information content (AvgIpc) is 2.94. The minimum atomic E-state index is -3.55. The van der Waals surface area contributed by atoms with Gasteiger partial charge >= 0.3 is 0 Å². The van der Waals surface area contributed by atoms with E-state index in [4.69, 9.17) is 0 Å². The summed E-state index contributed by atoms with van der Waals surface area (Å²) in [4.78, 5) is 14.5. The molecular weight excluding hydrogens is 288 g/mol. The highest BCUT2D eigenvalue weighted by atomic mass is 32.2. The van der Waals surface area contributed by atoms with Crippen LogP contribution in [-0.4, -0.2) is 50.7 Å². The van der Waals surface area contributed by atoms with Crippen LogP contribution in [0.4, 0.5) is 0 Å². The molecule has 1 aliphatic rings. The number of aryl methyl sites for hydroxylation is 1. The summed E-state index contributed by atoms with van der Waals surface area (Å²) in [6.07, 6.45) is 2.03. The van der Waals surface area contributed by atoms with Crippen LogP contribution in [0.25, 0.3) is 0 Å². The number of nitrogens with zero attached hydrogens (tertiary/aromatic N) is 2. The molecule has 0 aliphatic carbocycles. The molecule has 0 radical (unpaired) electrons. The lowest BCUT2D eigenvalue weighted by Gasteiger charge is -2.19. The van der Waals surface area contributed by atoms with E-state index in [2.05, 4.69) is 0 Å². The van der Waals surface area contributed by atoms with Crippen molar-refractivity contribution in [1.82, 2.24) is 9.21 Å². The summed E-state index contributed by atoms with van der Waals surface area (Å²) < 4.78 is 26.0. The predicted octanol–water partition coefficient (Wildman–Crippen LogP) is 1.79. The Morgan fingerprint density at radius 1 is 1.14 bits per heavy atom. The van der Waals surface area contributed by atoms with Crippen molar-refractivity contribution in [3.8, 4) is 0 Å². The van der Waals surface area contributed by atoms with Crippen molar-refractivity contribution in [1.29, 1.82) is 0 Å². The van der Waals surface area contributed by atoms with E-state index in [-0.39, 0.29) is 10.8 Å². The zero-order chi connectivity index (χ0) is 15.8. The number of carbonyl (C=O) groups is 1. The summed E-state index contributed by atoms with van der Waals surface area (Å²) >= 11 is 0. The maximum atomic E-state index is 12.5. The van der Waals surface area contributed by atoms with Gasteiger partial charge in [0.15, 0.2) is 0 Å². The molecule has 6 heteroatoms. The van der Waals surface area contributed by atoms with Crippen LogP contribution >= 0.6 is 0 Å². The molecule has 0 saturated carbocycles. The van der Waals surface area contributed by atoms with Crippen LogP contribution in [-0.2, 0) is 10.0 Å². The van der Waals surface area contributed by atoms with Gasteiger partial charge in [-0.2, -0.15) is 0 Å². The number of benzene rings is 1. The lowest BCUT2D eigenvalue weighted by molar-refractivity contribution is 0.0792. The van der Waals surface area contributed by atoms with Crippen molar-refractivity contribution in [2.45, 2.75) is 31.6 Å². The third-order valence-corrected chi connectivity index (χ3v) is 5.96. The molecule has 1 heterocycles. The van der Waals surface area contributed by atoms with Crippen molar-refractivity contribution in [3.63, 3.8) is 0 Å². The van der Waals surface area contributed by atoms with Crippen LogP contribution in [0.5, 0.6) is 0 Å². The summed E-state index contributed by atoms with van der Waals surface area (Å²) in [5.41, 5.74) is 1.97. The molecule has 1 aromatic rings. The Bertz CT molecular complexity index is 660. The Kier molecular flexibility index (Phi) is 4.39. The molecule has 5 nitrogen and oxygen atoms in total. The first-order chi connectivity index (χ1) is 9.75. The fourth-order valence-corrected chi connectivity index (χ4v) is 3.74. The second kappa shape index (κ2) is 5.77. The summed E-state index contributed by atoms with van der Waals surface area (Å²) in [7, 11) is -0.549. The smallest absolute Gasteiger partial charge is 0.253 e. The molecule has 21 heavy (non-hydrogen) atoms. The molecule has 0 bridgehead atoms. The second-order valence-electron chi connectivity index (χ2n) is 5.70. The first kappa shape index (κ1) is 16.0. The minimum Gasteiger partial charge on any atom is -0.339 e. The molecule has 2 rings (SSSR count). The fourth-order valence-electron chi connectivity index (χ4n) is 2.52. The minimum absolute atomic E-state index is 0.0780. The summed E-state index contributed by atoms with van der Waals surface area (Å²) in [5.74, 6) is -0.0780. The first-order valence-electron chi connectivity index (χ1n) is 7.08. The first-order valence-corrected chi connectivity index (χ1v) is 8.52. The van der Waals surface area contributed by atoms with Gasteiger partial charge in [0.2, 0.25) is 10.0 Å². The van der Waals surface area contributed by atoms with Crippen LogP contribution in [0.1, 0.15) is 34.3 Å². The molecule has 1 aliphatic heterocycles. The van der Waals surface area contributed by atoms with Crippen molar-refractivity contribution >= 4 is 15.9 Å². The van der Waals surface area contributed by atoms with Gasteiger partial charge in [-0.05, 0) is 49.9 Å². The van der Waals surface area contributed by atoms with Crippen LogP contribution in [0, 0.1) is 13.8 Å². The average molecular weight is 310 g/mol. The number of carbonyl (C=O) groups excluding carboxylic acids is 1. The molecule has 0 spiro atoms. The van der Waals surface area contributed by atoms with Crippen LogP contribution in [0.3, 0.4) is 0 Å². The van der Waals surface area contributed by atoms with Gasteiger partial charge in [-0.3, -0.25) is 4.79 Å². The van der Waals surface area contributed by atoms with Gasteiger partial charge in [-0.1, -0.05) is 0 Å². The van der Waals surface area contributed by atoms with E-state index >= 15 is 0 Å². The molecule has 1 aromatic carbocycles. The van der Waals surface area contributed by atoms with Crippen LogP contribution < -0.4 is 0 Å². The Morgan fingerprint density at radius 2 is 1.71 bits per heavy atom. The highest BCUT2D eigenvalue weighted by molar-refractivity contribution is 7.89. The van der Waals surface area contributed by atoms with Crippen LogP contribution in [0.2, 0.25) is 0 Å². The molecule has 0 atom stereocenters. The molecule has 0 aromatic heterocycles. The van der Waals surface area contributed by atoms with Gasteiger partial charge in [0.05, 0.1) is 4.90 Å². The summed E-state index contributed by atoms with van der Waals surface area (Å²) in [6, 6.07) is 3.29. The predicted molar refractivity (Wildman–Crippen MR) is 81.9 cm³/mol. The van der Waals surface area contributed by atoms with Crippen molar-refractivity contribution in [2.75, 3.05) is 27.2 Å². The molecule has 1 amide bonds. The van der Waals surface area contributed by atoms with E-state index in [1.165, 1.54) is 24.5 Å². The normalized spacial score (nSPS) is 15.8. The largest absolute Gasteiger partial charge is 0.339 e. The van der Waals surface area contributed by atoms with E-state index in [0.29, 0.717) is 11.1 Å². The molecule has 1 saturated heterocycles. The van der Waals surface area contributed by atoms with E-state index in [0.717, 1.165) is 31.5 Å². The summed E-state index contributed by atoms with van der Waals surface area (Å²) in [5, 5.41) is 0. The molecular formula is C15H22N2O3S. The molecule has 0 unspecified atom stereocenters. The van der Waals surface area contributed by atoms with Gasteiger partial charge in [0, 0.05) is 32.7 Å². The number of likely N-dealkylation sites (tertiary alicyclic amines) is 1.